The minimum atomic E-state index is -1.46. The third-order valence-electron chi connectivity index (χ3n) is 5.27. The number of benzene rings is 2. The third-order valence-corrected chi connectivity index (χ3v) is 5.27. The first-order valence-electron chi connectivity index (χ1n) is 9.76. The summed E-state index contributed by atoms with van der Waals surface area (Å²) in [4.78, 5) is 50.6. The number of hydrogen-bond donors (Lipinski definition) is 3. The van der Waals surface area contributed by atoms with Gasteiger partial charge in [-0.2, -0.15) is 10.1 Å². The predicted molar refractivity (Wildman–Crippen MR) is 115 cm³/mol. The molecule has 0 aromatic heterocycles. The van der Waals surface area contributed by atoms with Crippen molar-refractivity contribution in [3.8, 4) is 0 Å². The summed E-state index contributed by atoms with van der Waals surface area (Å²) in [5.74, 6) is 2.61. The molecule has 1 fully saturated rings. The summed E-state index contributed by atoms with van der Waals surface area (Å²) in [7, 11) is 0. The van der Waals surface area contributed by atoms with E-state index in [1.165, 1.54) is 20.1 Å². The molecule has 10 heteroatoms. The van der Waals surface area contributed by atoms with E-state index in [2.05, 4.69) is 10.4 Å². The van der Waals surface area contributed by atoms with Gasteiger partial charge in [-0.1, -0.05) is 54.6 Å². The summed E-state index contributed by atoms with van der Waals surface area (Å²) < 4.78 is 0. The Balaban J connectivity index is 2.03. The van der Waals surface area contributed by atoms with Crippen LogP contribution < -0.4 is 11.2 Å². The van der Waals surface area contributed by atoms with Gasteiger partial charge in [-0.25, -0.2) is 9.80 Å². The Labute approximate surface area is 184 Å². The van der Waals surface area contributed by atoms with E-state index >= 15 is 0 Å². The second-order valence-electron chi connectivity index (χ2n) is 7.46. The number of hydrazone groups is 1. The first-order chi connectivity index (χ1) is 15.2. The molecule has 4 N–H and O–H groups in total. The van der Waals surface area contributed by atoms with Gasteiger partial charge in [-0.15, -0.1) is 0 Å². The summed E-state index contributed by atoms with van der Waals surface area (Å²) in [6.07, 6.45) is 0.936. The number of amides is 4. The molecule has 2 aromatic carbocycles. The number of nitrogens with zero attached hydrogens (tertiary/aromatic N) is 3. The number of nitrogens with one attached hydrogen (secondary N) is 1. The zero-order valence-corrected chi connectivity index (χ0v) is 17.6. The summed E-state index contributed by atoms with van der Waals surface area (Å²) in [5, 5.41) is 17.1. The van der Waals surface area contributed by atoms with Gasteiger partial charge in [0.25, 0.3) is 5.91 Å². The molecular weight excluding hydrogens is 414 g/mol. The van der Waals surface area contributed by atoms with Crippen LogP contribution in [0, 0.1) is 0 Å². The molecule has 32 heavy (non-hydrogen) atoms. The topological polar surface area (TPSA) is 145 Å². The smallest absolute Gasteiger partial charge is 0.344 e. The van der Waals surface area contributed by atoms with Crippen LogP contribution in [-0.4, -0.2) is 45.2 Å². The van der Waals surface area contributed by atoms with Crippen molar-refractivity contribution in [3.63, 3.8) is 0 Å². The van der Waals surface area contributed by atoms with Crippen molar-refractivity contribution in [2.75, 3.05) is 0 Å². The van der Waals surface area contributed by atoms with Crippen LogP contribution in [0.15, 0.2) is 59.7 Å². The van der Waals surface area contributed by atoms with E-state index in [4.69, 9.17) is 5.84 Å². The number of nitrogens with two attached hydrogens (primary N) is 1. The quantitative estimate of drug-likeness (QED) is 0.260. The number of hydrogen-bond acceptors (Lipinski definition) is 6. The fourth-order valence-electron chi connectivity index (χ4n) is 3.69. The Bertz CT molecular complexity index is 1070. The van der Waals surface area contributed by atoms with Gasteiger partial charge in [0, 0.05) is 6.92 Å². The van der Waals surface area contributed by atoms with E-state index in [9.17, 15) is 24.3 Å². The second-order valence-corrected chi connectivity index (χ2v) is 7.46. The molecule has 0 spiro atoms. The summed E-state index contributed by atoms with van der Waals surface area (Å²) >= 11 is 0. The SMILES string of the molecule is CC(=O)N([C@H](CC(=O)O)c1ccccc1)N1C(=O)N[C@](C)(c2ccc(/C=N/N)cc2)C1=O. The van der Waals surface area contributed by atoms with Crippen LogP contribution in [0.1, 0.15) is 43.0 Å². The van der Waals surface area contributed by atoms with Crippen LogP contribution in [0.25, 0.3) is 0 Å². The van der Waals surface area contributed by atoms with Crippen LogP contribution in [0.2, 0.25) is 0 Å². The van der Waals surface area contributed by atoms with E-state index in [1.807, 2.05) is 0 Å². The molecule has 0 saturated carbocycles. The largest absolute Gasteiger partial charge is 0.481 e. The number of carboxylic acids is 1. The maximum atomic E-state index is 13.5. The van der Waals surface area contributed by atoms with Crippen molar-refractivity contribution in [1.29, 1.82) is 0 Å². The third kappa shape index (κ3) is 4.15. The Morgan fingerprint density at radius 1 is 1.19 bits per heavy atom. The highest BCUT2D eigenvalue weighted by Crippen LogP contribution is 2.34. The highest BCUT2D eigenvalue weighted by Gasteiger charge is 2.53. The zero-order valence-electron chi connectivity index (χ0n) is 17.6. The van der Waals surface area contributed by atoms with Gasteiger partial charge in [0.05, 0.1) is 18.7 Å². The average molecular weight is 437 g/mol. The van der Waals surface area contributed by atoms with Crippen molar-refractivity contribution in [2.24, 2.45) is 10.9 Å². The summed E-state index contributed by atoms with van der Waals surface area (Å²) in [5.41, 5.74) is 0.188. The van der Waals surface area contributed by atoms with Crippen molar-refractivity contribution in [2.45, 2.75) is 31.8 Å². The molecular formula is C22H23N5O5. The molecule has 2 aromatic rings. The average Bonchev–Trinajstić information content (AvgIpc) is 2.98. The van der Waals surface area contributed by atoms with Crippen LogP contribution >= 0.6 is 0 Å². The molecule has 1 aliphatic rings. The molecule has 10 nitrogen and oxygen atoms in total. The highest BCUT2D eigenvalue weighted by molar-refractivity contribution is 6.08. The van der Waals surface area contributed by atoms with Crippen LogP contribution in [0.5, 0.6) is 0 Å². The molecule has 166 valence electrons. The molecule has 2 atom stereocenters. The predicted octanol–water partition coefficient (Wildman–Crippen LogP) is 1.73. The van der Waals surface area contributed by atoms with Crippen molar-refractivity contribution in [1.82, 2.24) is 15.3 Å². The molecule has 0 unspecified atom stereocenters. The zero-order chi connectivity index (χ0) is 23.5. The number of carboxylic acid groups (broad SMARTS) is 1. The Kier molecular flexibility index (Phi) is 6.24. The lowest BCUT2D eigenvalue weighted by atomic mass is 9.91. The number of aliphatic carboxylic acids is 1. The molecule has 0 aliphatic carbocycles. The lowest BCUT2D eigenvalue weighted by molar-refractivity contribution is -0.162. The Hall–Kier alpha value is -4.21. The van der Waals surface area contributed by atoms with Crippen molar-refractivity contribution < 1.29 is 24.3 Å². The van der Waals surface area contributed by atoms with Gasteiger partial charge in [0.15, 0.2) is 0 Å². The maximum absolute atomic E-state index is 13.5. The summed E-state index contributed by atoms with van der Waals surface area (Å²) in [6, 6.07) is 13.1. The van der Waals surface area contributed by atoms with E-state index in [0.29, 0.717) is 21.7 Å². The minimum Gasteiger partial charge on any atom is -0.481 e. The Morgan fingerprint density at radius 2 is 1.81 bits per heavy atom. The molecule has 0 bridgehead atoms. The van der Waals surface area contributed by atoms with Crippen molar-refractivity contribution >= 4 is 30.0 Å². The first-order valence-corrected chi connectivity index (χ1v) is 9.76. The minimum absolute atomic E-state index is 0.477. The molecule has 4 amide bonds. The van der Waals surface area contributed by atoms with Gasteiger partial charge in [0.1, 0.15) is 5.54 Å². The van der Waals surface area contributed by atoms with Gasteiger partial charge in [-0.05, 0) is 23.6 Å². The van der Waals surface area contributed by atoms with E-state index in [1.54, 1.807) is 54.6 Å². The molecule has 1 aliphatic heterocycles. The van der Waals surface area contributed by atoms with E-state index in [0.717, 1.165) is 5.01 Å². The summed E-state index contributed by atoms with van der Waals surface area (Å²) in [6.45, 7) is 2.70. The number of carbonyl (C=O) groups is 4. The van der Waals surface area contributed by atoms with Crippen molar-refractivity contribution in [3.05, 3.63) is 71.3 Å². The fourth-order valence-corrected chi connectivity index (χ4v) is 3.69. The van der Waals surface area contributed by atoms with E-state index in [-0.39, 0.29) is 0 Å². The van der Waals surface area contributed by atoms with Crippen LogP contribution in [0.4, 0.5) is 4.79 Å². The molecule has 1 saturated heterocycles. The standard InChI is InChI=1S/C22H23N5O5/c1-14(28)26(18(12-19(29)30)16-6-4-3-5-7-16)27-20(31)22(2,25-21(27)32)17-10-8-15(9-11-17)13-24-23/h3-11,13,18H,12,23H2,1-2H3,(H,25,32)(H,29,30)/b24-13+/t18-,22-/m1/s1. The maximum Gasteiger partial charge on any atom is 0.344 e. The number of rotatable bonds is 7. The monoisotopic (exact) mass is 437 g/mol. The van der Waals surface area contributed by atoms with E-state index < -0.39 is 41.8 Å². The van der Waals surface area contributed by atoms with Crippen LogP contribution in [0.3, 0.4) is 0 Å². The number of imide groups is 1. The molecule has 0 radical (unpaired) electrons. The number of carbonyl (C=O) groups excluding carboxylic acids is 3. The lowest BCUT2D eigenvalue weighted by Gasteiger charge is -2.35. The Morgan fingerprint density at radius 3 is 2.34 bits per heavy atom. The van der Waals surface area contributed by atoms with Gasteiger partial charge < -0.3 is 16.3 Å². The van der Waals surface area contributed by atoms with Gasteiger partial charge in [-0.3, -0.25) is 14.4 Å². The van der Waals surface area contributed by atoms with Crippen LogP contribution in [-0.2, 0) is 19.9 Å². The second kappa shape index (κ2) is 8.88. The van der Waals surface area contributed by atoms with Gasteiger partial charge >= 0.3 is 12.0 Å². The lowest BCUT2D eigenvalue weighted by Crippen LogP contribution is -2.52. The normalized spacial score (nSPS) is 19.1. The van der Waals surface area contributed by atoms with Gasteiger partial charge in [0.2, 0.25) is 5.91 Å². The molecule has 3 rings (SSSR count). The molecule has 1 heterocycles. The highest BCUT2D eigenvalue weighted by atomic mass is 16.4. The number of hydrazine groups is 1. The number of urea groups is 1. The first kappa shape index (κ1) is 22.5. The fraction of sp³-hybridized carbons (Fsp3) is 0.227.